The molecule has 2 atom stereocenters. The van der Waals surface area contributed by atoms with E-state index in [2.05, 4.69) is 23.4 Å². The predicted octanol–water partition coefficient (Wildman–Crippen LogP) is 3.98. The van der Waals surface area contributed by atoms with Gasteiger partial charge < -0.3 is 0 Å². The quantitative estimate of drug-likeness (QED) is 0.543. The lowest BCUT2D eigenvalue weighted by Gasteiger charge is -2.43. The lowest BCUT2D eigenvalue weighted by Crippen LogP contribution is -2.57. The number of hydrogen-bond acceptors (Lipinski definition) is 4. The Morgan fingerprint density at radius 3 is 2.57 bits per heavy atom. The SMILES string of the molecule is C=CCN1C[C@H](C)N(S(=O)(=O)c2cc(-c3ccnc(Cl)c3)ccc2C)C[C@H]1C. The maximum Gasteiger partial charge on any atom is 0.243 e. The van der Waals surface area contributed by atoms with Crippen molar-refractivity contribution in [2.24, 2.45) is 0 Å². The normalized spacial score (nSPS) is 21.6. The number of sulfonamides is 1. The number of aryl methyl sites for hydroxylation is 1. The third kappa shape index (κ3) is 4.15. The van der Waals surface area contributed by atoms with Gasteiger partial charge in [-0.05, 0) is 55.7 Å². The lowest BCUT2D eigenvalue weighted by atomic mass is 10.1. The molecule has 3 rings (SSSR count). The smallest absolute Gasteiger partial charge is 0.243 e. The maximum absolute atomic E-state index is 13.5. The summed E-state index contributed by atoms with van der Waals surface area (Å²) in [4.78, 5) is 6.59. The van der Waals surface area contributed by atoms with Crippen LogP contribution in [0.25, 0.3) is 11.1 Å². The van der Waals surface area contributed by atoms with Crippen molar-refractivity contribution < 1.29 is 8.42 Å². The minimum absolute atomic E-state index is 0.112. The first kappa shape index (κ1) is 21.0. The van der Waals surface area contributed by atoms with E-state index in [1.807, 2.05) is 38.1 Å². The van der Waals surface area contributed by atoms with Gasteiger partial charge in [-0.25, -0.2) is 13.4 Å². The van der Waals surface area contributed by atoms with Gasteiger partial charge in [-0.1, -0.05) is 29.8 Å². The van der Waals surface area contributed by atoms with Gasteiger partial charge in [-0.3, -0.25) is 4.90 Å². The van der Waals surface area contributed by atoms with E-state index in [0.717, 1.165) is 23.2 Å². The molecule has 0 N–H and O–H groups in total. The molecule has 1 fully saturated rings. The summed E-state index contributed by atoms with van der Waals surface area (Å²) in [6, 6.07) is 9.08. The second-order valence-corrected chi connectivity index (χ2v) is 9.61. The van der Waals surface area contributed by atoms with Crippen molar-refractivity contribution in [2.75, 3.05) is 19.6 Å². The van der Waals surface area contributed by atoms with Crippen LogP contribution in [0.5, 0.6) is 0 Å². The van der Waals surface area contributed by atoms with Gasteiger partial charge in [0.15, 0.2) is 0 Å². The third-order valence-corrected chi connectivity index (χ3v) is 7.58. The van der Waals surface area contributed by atoms with E-state index in [4.69, 9.17) is 11.6 Å². The fourth-order valence-corrected chi connectivity index (χ4v) is 5.82. The van der Waals surface area contributed by atoms with Crippen LogP contribution in [0.15, 0.2) is 54.1 Å². The highest BCUT2D eigenvalue weighted by molar-refractivity contribution is 7.89. The Kier molecular flexibility index (Phi) is 6.25. The number of pyridine rings is 1. The Bertz CT molecular complexity index is 977. The number of nitrogens with zero attached hydrogens (tertiary/aromatic N) is 3. The molecule has 1 aromatic carbocycles. The van der Waals surface area contributed by atoms with Gasteiger partial charge in [0.05, 0.1) is 4.90 Å². The van der Waals surface area contributed by atoms with Crippen LogP contribution in [-0.4, -0.2) is 54.3 Å². The molecule has 7 heteroatoms. The van der Waals surface area contributed by atoms with Crippen molar-refractivity contribution in [2.45, 2.75) is 37.8 Å². The largest absolute Gasteiger partial charge is 0.294 e. The number of aromatic nitrogens is 1. The average Bonchev–Trinajstić information content (AvgIpc) is 2.64. The van der Waals surface area contributed by atoms with Crippen molar-refractivity contribution in [1.82, 2.24) is 14.2 Å². The molecule has 28 heavy (non-hydrogen) atoms. The van der Waals surface area contributed by atoms with E-state index in [0.29, 0.717) is 23.1 Å². The molecule has 1 saturated heterocycles. The summed E-state index contributed by atoms with van der Waals surface area (Å²) in [7, 11) is -3.62. The summed E-state index contributed by atoms with van der Waals surface area (Å²) in [6.45, 7) is 11.6. The van der Waals surface area contributed by atoms with Crippen LogP contribution in [0.4, 0.5) is 0 Å². The standard InChI is InChI=1S/C21H26ClN3O2S/c1-5-10-24-13-17(4)25(14-16(24)3)28(26,27)20-11-18(7-6-15(20)2)19-8-9-23-21(22)12-19/h5-9,11-12,16-17H,1,10,13-14H2,2-4H3/t16-,17+/m1/s1. The van der Waals surface area contributed by atoms with Gasteiger partial charge in [-0.15, -0.1) is 6.58 Å². The fourth-order valence-electron chi connectivity index (χ4n) is 3.69. The van der Waals surface area contributed by atoms with Crippen LogP contribution in [-0.2, 0) is 10.0 Å². The van der Waals surface area contributed by atoms with Crippen LogP contribution in [0.1, 0.15) is 19.4 Å². The molecule has 0 radical (unpaired) electrons. The third-order valence-electron chi connectivity index (χ3n) is 5.26. The molecule has 0 saturated carbocycles. The molecular weight excluding hydrogens is 394 g/mol. The van der Waals surface area contributed by atoms with Crippen LogP contribution in [0.3, 0.4) is 0 Å². The second kappa shape index (κ2) is 8.33. The van der Waals surface area contributed by atoms with Crippen LogP contribution >= 0.6 is 11.6 Å². The first-order chi connectivity index (χ1) is 13.2. The number of benzene rings is 1. The maximum atomic E-state index is 13.5. The van der Waals surface area contributed by atoms with Crippen molar-refractivity contribution in [3.8, 4) is 11.1 Å². The molecule has 150 valence electrons. The second-order valence-electron chi connectivity index (χ2n) is 7.36. The van der Waals surface area contributed by atoms with Crippen molar-refractivity contribution in [3.05, 3.63) is 59.9 Å². The molecule has 0 bridgehead atoms. The number of hydrogen-bond donors (Lipinski definition) is 0. The van der Waals surface area contributed by atoms with Crippen LogP contribution < -0.4 is 0 Å². The summed E-state index contributed by atoms with van der Waals surface area (Å²) >= 11 is 6.00. The van der Waals surface area contributed by atoms with Crippen LogP contribution in [0.2, 0.25) is 5.15 Å². The Labute approximate surface area is 172 Å². The molecule has 0 aliphatic carbocycles. The van der Waals surface area contributed by atoms with Gasteiger partial charge in [0.1, 0.15) is 5.15 Å². The number of halogens is 1. The van der Waals surface area contributed by atoms with Gasteiger partial charge in [0.2, 0.25) is 10.0 Å². The summed E-state index contributed by atoms with van der Waals surface area (Å²) < 4.78 is 28.7. The molecule has 2 heterocycles. The monoisotopic (exact) mass is 419 g/mol. The molecule has 0 amide bonds. The van der Waals surface area contributed by atoms with Crippen molar-refractivity contribution in [1.29, 1.82) is 0 Å². The Hall–Kier alpha value is -1.73. The first-order valence-corrected chi connectivity index (χ1v) is 11.1. The zero-order valence-electron chi connectivity index (χ0n) is 16.5. The first-order valence-electron chi connectivity index (χ1n) is 9.33. The highest BCUT2D eigenvalue weighted by Gasteiger charge is 2.37. The Balaban J connectivity index is 1.98. The highest BCUT2D eigenvalue weighted by atomic mass is 35.5. The van der Waals surface area contributed by atoms with E-state index in [1.54, 1.807) is 22.6 Å². The summed E-state index contributed by atoms with van der Waals surface area (Å²) in [5, 5.41) is 0.378. The highest BCUT2D eigenvalue weighted by Crippen LogP contribution is 2.30. The molecule has 0 unspecified atom stereocenters. The van der Waals surface area contributed by atoms with Gasteiger partial charge in [0, 0.05) is 37.9 Å². The molecule has 1 aliphatic heterocycles. The molecule has 1 aromatic heterocycles. The summed E-state index contributed by atoms with van der Waals surface area (Å²) in [6.07, 6.45) is 3.48. The topological polar surface area (TPSA) is 53.5 Å². The minimum atomic E-state index is -3.62. The molecule has 0 spiro atoms. The summed E-state index contributed by atoms with van der Waals surface area (Å²) in [5.41, 5.74) is 2.38. The predicted molar refractivity (Wildman–Crippen MR) is 114 cm³/mol. The zero-order chi connectivity index (χ0) is 20.5. The Morgan fingerprint density at radius 1 is 1.18 bits per heavy atom. The molecule has 2 aromatic rings. The number of piperazine rings is 1. The van der Waals surface area contributed by atoms with Crippen LogP contribution in [0, 0.1) is 6.92 Å². The fraction of sp³-hybridized carbons (Fsp3) is 0.381. The van der Waals surface area contributed by atoms with Crippen molar-refractivity contribution in [3.63, 3.8) is 0 Å². The van der Waals surface area contributed by atoms with E-state index < -0.39 is 10.0 Å². The van der Waals surface area contributed by atoms with E-state index in [1.165, 1.54) is 0 Å². The van der Waals surface area contributed by atoms with Crippen molar-refractivity contribution >= 4 is 21.6 Å². The van der Waals surface area contributed by atoms with Gasteiger partial charge in [0.25, 0.3) is 0 Å². The van der Waals surface area contributed by atoms with E-state index in [9.17, 15) is 8.42 Å². The molecular formula is C21H26ClN3O2S. The lowest BCUT2D eigenvalue weighted by molar-refractivity contribution is 0.104. The molecule has 1 aliphatic rings. The average molecular weight is 420 g/mol. The van der Waals surface area contributed by atoms with Gasteiger partial charge >= 0.3 is 0 Å². The van der Waals surface area contributed by atoms with E-state index in [-0.39, 0.29) is 12.1 Å². The summed E-state index contributed by atoms with van der Waals surface area (Å²) in [5.74, 6) is 0. The zero-order valence-corrected chi connectivity index (χ0v) is 18.0. The minimum Gasteiger partial charge on any atom is -0.294 e. The Morgan fingerprint density at radius 2 is 1.89 bits per heavy atom. The number of rotatable bonds is 5. The van der Waals surface area contributed by atoms with E-state index >= 15 is 0 Å². The molecule has 5 nitrogen and oxygen atoms in total. The van der Waals surface area contributed by atoms with Gasteiger partial charge in [-0.2, -0.15) is 4.31 Å².